The number of para-hydroxylation sites is 2. The average molecular weight is 482 g/mol. The van der Waals surface area contributed by atoms with Crippen molar-refractivity contribution in [1.82, 2.24) is 0 Å². The van der Waals surface area contributed by atoms with Gasteiger partial charge < -0.3 is 14.7 Å². The zero-order valence-corrected chi connectivity index (χ0v) is 20.5. The minimum atomic E-state index is -0.810. The number of anilines is 1. The second-order valence-electron chi connectivity index (χ2n) is 9.79. The molecule has 0 aromatic heterocycles. The second kappa shape index (κ2) is 10.0. The Bertz CT molecular complexity index is 1380. The molecular weight excluding hydrogens is 450 g/mol. The van der Waals surface area contributed by atoms with Crippen molar-refractivity contribution < 1.29 is 9.84 Å². The van der Waals surface area contributed by atoms with Crippen molar-refractivity contribution in [2.45, 2.75) is 38.0 Å². The van der Waals surface area contributed by atoms with E-state index in [-0.39, 0.29) is 11.0 Å². The van der Waals surface area contributed by atoms with Crippen LogP contribution in [0.5, 0.6) is 11.5 Å². The Labute approximate surface area is 211 Å². The standard InChI is InChI=1S/C31H31NO4/c1-31(18-10-9-13-22-11-5-6-12-22)25-16-7-8-17-26(25)32(19-20-36-23-14-3-2-4-15-23)27(31)21-24-28(33)30(35)29(24)34/h2-8,11-12,14-17,21-22,33H,9-10,13,18-20H2,1H3. The number of allylic oxidation sites excluding steroid dienone is 5. The molecule has 1 heterocycles. The van der Waals surface area contributed by atoms with E-state index < -0.39 is 16.6 Å². The predicted octanol–water partition coefficient (Wildman–Crippen LogP) is 5.49. The molecule has 0 saturated heterocycles. The third-order valence-corrected chi connectivity index (χ3v) is 7.47. The number of ether oxygens (including phenoxy) is 1. The molecule has 0 bridgehead atoms. The van der Waals surface area contributed by atoms with Gasteiger partial charge in [-0.25, -0.2) is 0 Å². The van der Waals surface area contributed by atoms with Gasteiger partial charge >= 0.3 is 0 Å². The fourth-order valence-electron chi connectivity index (χ4n) is 5.45. The topological polar surface area (TPSA) is 66.8 Å². The van der Waals surface area contributed by atoms with Gasteiger partial charge in [0.15, 0.2) is 5.75 Å². The summed E-state index contributed by atoms with van der Waals surface area (Å²) in [5.41, 5.74) is 1.48. The highest BCUT2D eigenvalue weighted by Crippen LogP contribution is 2.51. The zero-order valence-electron chi connectivity index (χ0n) is 20.5. The van der Waals surface area contributed by atoms with E-state index in [0.717, 1.165) is 42.8 Å². The van der Waals surface area contributed by atoms with Crippen molar-refractivity contribution in [2.24, 2.45) is 5.92 Å². The summed E-state index contributed by atoms with van der Waals surface area (Å²) in [4.78, 5) is 26.2. The lowest BCUT2D eigenvalue weighted by atomic mass is 9.76. The van der Waals surface area contributed by atoms with Crippen LogP contribution in [-0.4, -0.2) is 18.3 Å². The summed E-state index contributed by atoms with van der Waals surface area (Å²) in [6, 6.07) is 18.0. The zero-order chi connectivity index (χ0) is 25.1. The number of benzene rings is 2. The number of hydrogen-bond acceptors (Lipinski definition) is 5. The molecule has 0 fully saturated rings. The van der Waals surface area contributed by atoms with Crippen LogP contribution in [0.25, 0.3) is 6.08 Å². The van der Waals surface area contributed by atoms with Crippen LogP contribution < -0.4 is 20.5 Å². The molecule has 1 aliphatic heterocycles. The average Bonchev–Trinajstić information content (AvgIpc) is 3.51. The molecule has 0 amide bonds. The highest BCUT2D eigenvalue weighted by atomic mass is 16.5. The Morgan fingerprint density at radius 2 is 1.69 bits per heavy atom. The molecule has 1 N–H and O–H groups in total. The molecule has 5 rings (SSSR count). The third kappa shape index (κ3) is 4.41. The summed E-state index contributed by atoms with van der Waals surface area (Å²) in [6.45, 7) is 3.22. The number of aromatic hydroxyl groups is 1. The lowest BCUT2D eigenvalue weighted by Crippen LogP contribution is -2.35. The normalized spacial score (nSPS) is 20.0. The van der Waals surface area contributed by atoms with Crippen LogP contribution in [0.2, 0.25) is 0 Å². The van der Waals surface area contributed by atoms with Crippen molar-refractivity contribution in [1.29, 1.82) is 0 Å². The van der Waals surface area contributed by atoms with Gasteiger partial charge in [0, 0.05) is 16.8 Å². The fraction of sp³-hybridized carbons (Fsp3) is 0.290. The SMILES string of the molecule is CC1(CCCCC2C=CC=C2)C(=Cc2c(O)c(=O)c2=O)N(CCOc2ccccc2)c2ccccc21. The largest absolute Gasteiger partial charge is 0.504 e. The summed E-state index contributed by atoms with van der Waals surface area (Å²) >= 11 is 0. The van der Waals surface area contributed by atoms with E-state index in [9.17, 15) is 14.7 Å². The van der Waals surface area contributed by atoms with Gasteiger partial charge in [-0.05, 0) is 55.5 Å². The Balaban J connectivity index is 1.43. The minimum Gasteiger partial charge on any atom is -0.504 e. The van der Waals surface area contributed by atoms with E-state index in [1.54, 1.807) is 6.08 Å². The molecule has 5 heteroatoms. The quantitative estimate of drug-likeness (QED) is 0.306. The molecule has 3 aromatic carbocycles. The van der Waals surface area contributed by atoms with Gasteiger partial charge in [0.2, 0.25) is 5.43 Å². The smallest absolute Gasteiger partial charge is 0.268 e. The Hall–Kier alpha value is -3.86. The van der Waals surface area contributed by atoms with E-state index in [1.807, 2.05) is 42.5 Å². The molecule has 1 aliphatic carbocycles. The van der Waals surface area contributed by atoms with Gasteiger partial charge in [-0.3, -0.25) is 9.59 Å². The van der Waals surface area contributed by atoms with E-state index in [0.29, 0.717) is 19.1 Å². The van der Waals surface area contributed by atoms with Gasteiger partial charge in [-0.2, -0.15) is 0 Å². The summed E-state index contributed by atoms with van der Waals surface area (Å²) in [5.74, 6) is 0.871. The first-order valence-electron chi connectivity index (χ1n) is 12.6. The maximum atomic E-state index is 12.3. The van der Waals surface area contributed by atoms with Crippen molar-refractivity contribution in [3.8, 4) is 11.5 Å². The van der Waals surface area contributed by atoms with E-state index in [2.05, 4.69) is 48.3 Å². The lowest BCUT2D eigenvalue weighted by Gasteiger charge is -2.31. The van der Waals surface area contributed by atoms with Crippen molar-refractivity contribution >= 4 is 11.8 Å². The van der Waals surface area contributed by atoms with Crippen LogP contribution in [0.15, 0.2) is 94.2 Å². The highest BCUT2D eigenvalue weighted by molar-refractivity contribution is 5.78. The predicted molar refractivity (Wildman–Crippen MR) is 144 cm³/mol. The van der Waals surface area contributed by atoms with Gasteiger partial charge in [0.25, 0.3) is 5.43 Å². The molecule has 3 aromatic rings. The minimum absolute atomic E-state index is 0.101. The summed E-state index contributed by atoms with van der Waals surface area (Å²) < 4.78 is 6.00. The van der Waals surface area contributed by atoms with Gasteiger partial charge in [-0.15, -0.1) is 0 Å². The van der Waals surface area contributed by atoms with Crippen molar-refractivity contribution in [3.05, 3.63) is 116 Å². The summed E-state index contributed by atoms with van der Waals surface area (Å²) in [5, 5.41) is 10.1. The highest BCUT2D eigenvalue weighted by Gasteiger charge is 2.43. The van der Waals surface area contributed by atoms with Crippen LogP contribution in [0.1, 0.15) is 43.7 Å². The van der Waals surface area contributed by atoms with Crippen LogP contribution >= 0.6 is 0 Å². The van der Waals surface area contributed by atoms with E-state index in [4.69, 9.17) is 4.74 Å². The van der Waals surface area contributed by atoms with Gasteiger partial charge in [0.05, 0.1) is 12.1 Å². The first-order chi connectivity index (χ1) is 17.5. The molecule has 184 valence electrons. The Kier molecular flexibility index (Phi) is 6.64. The molecule has 5 nitrogen and oxygen atoms in total. The van der Waals surface area contributed by atoms with Crippen molar-refractivity contribution in [2.75, 3.05) is 18.1 Å². The number of hydrogen-bond donors (Lipinski definition) is 1. The van der Waals surface area contributed by atoms with Crippen LogP contribution in [0.3, 0.4) is 0 Å². The first kappa shape index (κ1) is 23.9. The number of rotatable bonds is 10. The molecule has 1 unspecified atom stereocenters. The maximum absolute atomic E-state index is 12.3. The number of nitrogens with zero attached hydrogens (tertiary/aromatic N) is 1. The van der Waals surface area contributed by atoms with Crippen LogP contribution in [-0.2, 0) is 5.41 Å². The number of unbranched alkanes of at least 4 members (excludes halogenated alkanes) is 1. The van der Waals surface area contributed by atoms with E-state index >= 15 is 0 Å². The molecule has 2 aliphatic rings. The lowest BCUT2D eigenvalue weighted by molar-refractivity contribution is 0.325. The third-order valence-electron chi connectivity index (χ3n) is 7.47. The molecule has 0 spiro atoms. The monoisotopic (exact) mass is 481 g/mol. The van der Waals surface area contributed by atoms with E-state index in [1.165, 1.54) is 5.56 Å². The fourth-order valence-corrected chi connectivity index (χ4v) is 5.45. The van der Waals surface area contributed by atoms with Crippen molar-refractivity contribution in [3.63, 3.8) is 0 Å². The van der Waals surface area contributed by atoms with Gasteiger partial charge in [-0.1, -0.05) is 73.5 Å². The summed E-state index contributed by atoms with van der Waals surface area (Å²) in [6.07, 6.45) is 14.5. The molecular formula is C31H31NO4. The number of fused-ring (bicyclic) bond motifs is 1. The molecule has 36 heavy (non-hydrogen) atoms. The Morgan fingerprint density at radius 3 is 2.44 bits per heavy atom. The van der Waals surface area contributed by atoms with Crippen LogP contribution in [0, 0.1) is 5.92 Å². The maximum Gasteiger partial charge on any atom is 0.268 e. The molecule has 1 atom stereocenters. The molecule has 0 radical (unpaired) electrons. The molecule has 0 saturated carbocycles. The first-order valence-corrected chi connectivity index (χ1v) is 12.6. The summed E-state index contributed by atoms with van der Waals surface area (Å²) in [7, 11) is 0. The second-order valence-corrected chi connectivity index (χ2v) is 9.79. The Morgan fingerprint density at radius 1 is 0.972 bits per heavy atom. The van der Waals surface area contributed by atoms with Gasteiger partial charge in [0.1, 0.15) is 12.4 Å². The van der Waals surface area contributed by atoms with Crippen LogP contribution in [0.4, 0.5) is 5.69 Å².